The molecule has 0 aliphatic rings. The number of aryl methyl sites for hydroxylation is 2. The van der Waals surface area contributed by atoms with Gasteiger partial charge in [-0.3, -0.25) is 0 Å². The first kappa shape index (κ1) is 14.6. The van der Waals surface area contributed by atoms with Gasteiger partial charge in [-0.1, -0.05) is 34.1 Å². The maximum absolute atomic E-state index is 9.17. The van der Waals surface area contributed by atoms with Crippen molar-refractivity contribution in [2.45, 2.75) is 26.8 Å². The minimum Gasteiger partial charge on any atom is -0.377 e. The van der Waals surface area contributed by atoms with Gasteiger partial charge in [-0.15, -0.1) is 0 Å². The largest absolute Gasteiger partial charge is 0.377 e. The molecule has 2 aromatic rings. The van der Waals surface area contributed by atoms with E-state index in [4.69, 9.17) is 5.26 Å². The van der Waals surface area contributed by atoms with Crippen LogP contribution in [0.5, 0.6) is 0 Å². The average molecular weight is 329 g/mol. The zero-order chi connectivity index (χ0) is 14.7. The molecule has 2 nitrogen and oxygen atoms in total. The average Bonchev–Trinajstić information content (AvgIpc) is 2.42. The molecule has 0 spiro atoms. The van der Waals surface area contributed by atoms with Crippen LogP contribution >= 0.6 is 15.9 Å². The second kappa shape index (κ2) is 6.11. The molecule has 2 aromatic carbocycles. The van der Waals surface area contributed by atoms with Crippen molar-refractivity contribution >= 4 is 21.6 Å². The minimum atomic E-state index is 0.149. The molecule has 1 atom stereocenters. The number of nitrogens with one attached hydrogen (secondary N) is 1. The first-order valence-electron chi connectivity index (χ1n) is 6.54. The van der Waals surface area contributed by atoms with Crippen molar-refractivity contribution in [3.63, 3.8) is 0 Å². The number of nitriles is 1. The number of halogens is 1. The molecule has 0 heterocycles. The van der Waals surface area contributed by atoms with Crippen molar-refractivity contribution in [1.82, 2.24) is 0 Å². The molecule has 0 aliphatic heterocycles. The smallest absolute Gasteiger partial charge is 0.101 e. The van der Waals surface area contributed by atoms with Crippen molar-refractivity contribution in [3.8, 4) is 6.07 Å². The lowest BCUT2D eigenvalue weighted by Crippen LogP contribution is -2.08. The minimum absolute atomic E-state index is 0.149. The molecule has 0 aliphatic carbocycles. The molecule has 0 saturated carbocycles. The number of rotatable bonds is 3. The lowest BCUT2D eigenvalue weighted by molar-refractivity contribution is 0.880. The molecular weight excluding hydrogens is 312 g/mol. The number of benzene rings is 2. The lowest BCUT2D eigenvalue weighted by atomic mass is 10.0. The van der Waals surface area contributed by atoms with Crippen LogP contribution in [0.15, 0.2) is 40.9 Å². The Morgan fingerprint density at radius 1 is 1.10 bits per heavy atom. The van der Waals surface area contributed by atoms with Crippen LogP contribution in [0.4, 0.5) is 5.69 Å². The Hall–Kier alpha value is -1.79. The van der Waals surface area contributed by atoms with Gasteiger partial charge < -0.3 is 5.32 Å². The number of anilines is 1. The third-order valence-corrected chi connectivity index (χ3v) is 4.00. The van der Waals surface area contributed by atoms with E-state index in [-0.39, 0.29) is 6.04 Å². The third kappa shape index (κ3) is 3.20. The Morgan fingerprint density at radius 2 is 1.85 bits per heavy atom. The van der Waals surface area contributed by atoms with Crippen LogP contribution in [0.25, 0.3) is 0 Å². The standard InChI is InChI=1S/C17H17BrN2/c1-11-4-5-14(8-12(11)2)13(3)20-17-9-16(18)7-6-15(17)10-19/h4-9,13,20H,1-3H3. The van der Waals surface area contributed by atoms with E-state index in [9.17, 15) is 0 Å². The van der Waals surface area contributed by atoms with Crippen LogP contribution in [-0.2, 0) is 0 Å². The van der Waals surface area contributed by atoms with Crippen molar-refractivity contribution in [3.05, 3.63) is 63.1 Å². The lowest BCUT2D eigenvalue weighted by Gasteiger charge is -2.18. The van der Waals surface area contributed by atoms with Gasteiger partial charge in [0.05, 0.1) is 11.3 Å². The fourth-order valence-corrected chi connectivity index (χ4v) is 2.45. The molecule has 3 heteroatoms. The first-order valence-corrected chi connectivity index (χ1v) is 7.34. The van der Waals surface area contributed by atoms with Crippen LogP contribution in [0.2, 0.25) is 0 Å². The SMILES string of the molecule is Cc1ccc(C(C)Nc2cc(Br)ccc2C#N)cc1C. The van der Waals surface area contributed by atoms with E-state index in [1.54, 1.807) is 0 Å². The molecule has 0 saturated heterocycles. The highest BCUT2D eigenvalue weighted by Gasteiger charge is 2.09. The predicted octanol–water partition coefficient (Wildman–Crippen LogP) is 5.11. The van der Waals surface area contributed by atoms with Crippen LogP contribution < -0.4 is 5.32 Å². The van der Waals surface area contributed by atoms with Gasteiger partial charge >= 0.3 is 0 Å². The van der Waals surface area contributed by atoms with E-state index < -0.39 is 0 Å². The van der Waals surface area contributed by atoms with Crippen LogP contribution in [-0.4, -0.2) is 0 Å². The Morgan fingerprint density at radius 3 is 2.50 bits per heavy atom. The van der Waals surface area contributed by atoms with Crippen LogP contribution in [0.1, 0.15) is 35.2 Å². The summed E-state index contributed by atoms with van der Waals surface area (Å²) in [4.78, 5) is 0. The van der Waals surface area contributed by atoms with Gasteiger partial charge in [-0.25, -0.2) is 0 Å². The van der Waals surface area contributed by atoms with E-state index >= 15 is 0 Å². The predicted molar refractivity (Wildman–Crippen MR) is 86.8 cm³/mol. The number of nitrogens with zero attached hydrogens (tertiary/aromatic N) is 1. The molecular formula is C17H17BrN2. The fourth-order valence-electron chi connectivity index (χ4n) is 2.08. The molecule has 1 N–H and O–H groups in total. The van der Waals surface area contributed by atoms with Gasteiger partial charge in [0, 0.05) is 10.5 Å². The summed E-state index contributed by atoms with van der Waals surface area (Å²) >= 11 is 3.44. The first-order chi connectivity index (χ1) is 9.51. The second-order valence-corrected chi connectivity index (χ2v) is 5.93. The normalized spacial score (nSPS) is 11.8. The van der Waals surface area contributed by atoms with E-state index in [1.807, 2.05) is 18.2 Å². The summed E-state index contributed by atoms with van der Waals surface area (Å²) in [6.45, 7) is 6.33. The highest BCUT2D eigenvalue weighted by atomic mass is 79.9. The quantitative estimate of drug-likeness (QED) is 0.849. The van der Waals surface area contributed by atoms with Gasteiger partial charge in [0.2, 0.25) is 0 Å². The fraction of sp³-hybridized carbons (Fsp3) is 0.235. The van der Waals surface area contributed by atoms with Gasteiger partial charge in [-0.2, -0.15) is 5.26 Å². The molecule has 0 amide bonds. The molecule has 0 radical (unpaired) electrons. The van der Waals surface area contributed by atoms with E-state index in [2.05, 4.69) is 66.3 Å². The monoisotopic (exact) mass is 328 g/mol. The summed E-state index contributed by atoms with van der Waals surface area (Å²) in [5, 5.41) is 12.6. The van der Waals surface area contributed by atoms with Gasteiger partial charge in [-0.05, 0) is 55.7 Å². The van der Waals surface area contributed by atoms with E-state index in [0.29, 0.717) is 5.56 Å². The summed E-state index contributed by atoms with van der Waals surface area (Å²) in [5.41, 5.74) is 5.31. The maximum Gasteiger partial charge on any atom is 0.101 e. The molecule has 1 unspecified atom stereocenters. The second-order valence-electron chi connectivity index (χ2n) is 5.01. The third-order valence-electron chi connectivity index (χ3n) is 3.51. The molecule has 0 aromatic heterocycles. The van der Waals surface area contributed by atoms with Crippen LogP contribution in [0.3, 0.4) is 0 Å². The molecule has 2 rings (SSSR count). The zero-order valence-corrected chi connectivity index (χ0v) is 13.5. The van der Waals surface area contributed by atoms with Crippen molar-refractivity contribution in [2.75, 3.05) is 5.32 Å². The summed E-state index contributed by atoms with van der Waals surface area (Å²) in [6, 6.07) is 14.5. The van der Waals surface area contributed by atoms with Crippen molar-refractivity contribution in [2.24, 2.45) is 0 Å². The number of hydrogen-bond donors (Lipinski definition) is 1. The Bertz CT molecular complexity index is 671. The summed E-state index contributed by atoms with van der Waals surface area (Å²) in [5.74, 6) is 0. The van der Waals surface area contributed by atoms with Crippen LogP contribution in [0, 0.1) is 25.2 Å². The van der Waals surface area contributed by atoms with Crippen molar-refractivity contribution in [1.29, 1.82) is 5.26 Å². The molecule has 0 fully saturated rings. The Labute approximate surface area is 128 Å². The van der Waals surface area contributed by atoms with Gasteiger partial charge in [0.25, 0.3) is 0 Å². The Balaban J connectivity index is 2.27. The maximum atomic E-state index is 9.17. The highest BCUT2D eigenvalue weighted by Crippen LogP contribution is 2.26. The van der Waals surface area contributed by atoms with Gasteiger partial charge in [0.15, 0.2) is 0 Å². The summed E-state index contributed by atoms with van der Waals surface area (Å²) in [6.07, 6.45) is 0. The summed E-state index contributed by atoms with van der Waals surface area (Å²) in [7, 11) is 0. The Kier molecular flexibility index (Phi) is 4.46. The molecule has 0 bridgehead atoms. The number of hydrogen-bond acceptors (Lipinski definition) is 2. The van der Waals surface area contributed by atoms with E-state index in [0.717, 1.165) is 10.2 Å². The van der Waals surface area contributed by atoms with E-state index in [1.165, 1.54) is 16.7 Å². The highest BCUT2D eigenvalue weighted by molar-refractivity contribution is 9.10. The van der Waals surface area contributed by atoms with Gasteiger partial charge in [0.1, 0.15) is 6.07 Å². The topological polar surface area (TPSA) is 35.8 Å². The van der Waals surface area contributed by atoms with Crippen molar-refractivity contribution < 1.29 is 0 Å². The molecule has 102 valence electrons. The zero-order valence-electron chi connectivity index (χ0n) is 11.9. The molecule has 20 heavy (non-hydrogen) atoms. The summed E-state index contributed by atoms with van der Waals surface area (Å²) < 4.78 is 0.964.